The Morgan fingerprint density at radius 1 is 1.28 bits per heavy atom. The van der Waals surface area contributed by atoms with Gasteiger partial charge in [0, 0.05) is 12.2 Å². The summed E-state index contributed by atoms with van der Waals surface area (Å²) in [5, 5.41) is 17.4. The number of aliphatic carboxylic acids is 1. The molecule has 0 unspecified atom stereocenters. The zero-order valence-electron chi connectivity index (χ0n) is 10.4. The van der Waals surface area contributed by atoms with Crippen molar-refractivity contribution in [2.24, 2.45) is 0 Å². The number of ether oxygens (including phenoxy) is 1. The number of hydrogen-bond donors (Lipinski definition) is 2. The molecule has 0 aliphatic rings. The molecule has 0 radical (unpaired) electrons. The minimum absolute atomic E-state index is 0.182. The van der Waals surface area contributed by atoms with E-state index < -0.39 is 5.97 Å². The lowest BCUT2D eigenvalue weighted by atomic mass is 10.1. The fourth-order valence-corrected chi connectivity index (χ4v) is 1.38. The van der Waals surface area contributed by atoms with Gasteiger partial charge in [-0.25, -0.2) is 4.79 Å². The fraction of sp³-hybridized carbons (Fsp3) is 0.357. The first-order chi connectivity index (χ1) is 8.63. The van der Waals surface area contributed by atoms with Crippen molar-refractivity contribution < 1.29 is 19.7 Å². The van der Waals surface area contributed by atoms with E-state index >= 15 is 0 Å². The largest absolute Gasteiger partial charge is 0.494 e. The first-order valence-corrected chi connectivity index (χ1v) is 5.89. The van der Waals surface area contributed by atoms with Crippen LogP contribution in [0.25, 0.3) is 6.08 Å². The van der Waals surface area contributed by atoms with Crippen LogP contribution in [0.1, 0.15) is 25.3 Å². The summed E-state index contributed by atoms with van der Waals surface area (Å²) < 4.78 is 5.47. The van der Waals surface area contributed by atoms with Gasteiger partial charge < -0.3 is 14.9 Å². The van der Waals surface area contributed by atoms with Crippen LogP contribution in [0.2, 0.25) is 0 Å². The molecule has 0 saturated carbocycles. The van der Waals surface area contributed by atoms with E-state index in [0.717, 1.165) is 24.2 Å². The smallest absolute Gasteiger partial charge is 0.331 e. The van der Waals surface area contributed by atoms with Crippen molar-refractivity contribution >= 4 is 12.0 Å². The van der Waals surface area contributed by atoms with Crippen LogP contribution in [0.5, 0.6) is 5.75 Å². The van der Waals surface area contributed by atoms with Crippen molar-refractivity contribution in [1.82, 2.24) is 0 Å². The fourth-order valence-electron chi connectivity index (χ4n) is 1.38. The van der Waals surface area contributed by atoms with Gasteiger partial charge >= 0.3 is 5.97 Å². The molecule has 0 aliphatic heterocycles. The summed E-state index contributed by atoms with van der Waals surface area (Å²) in [4.78, 5) is 10.7. The Hall–Kier alpha value is -1.81. The number of benzene rings is 1. The van der Waals surface area contributed by atoms with E-state index in [4.69, 9.17) is 14.9 Å². The number of carboxylic acid groups (broad SMARTS) is 1. The first kappa shape index (κ1) is 14.3. The summed E-state index contributed by atoms with van der Waals surface area (Å²) >= 11 is 0. The number of aliphatic hydroxyl groups excluding tert-OH is 1. The van der Waals surface area contributed by atoms with Crippen LogP contribution in [0.4, 0.5) is 0 Å². The number of hydrogen-bond acceptors (Lipinski definition) is 3. The number of carboxylic acids is 1. The molecule has 1 aromatic carbocycles. The Labute approximate surface area is 107 Å². The second kappa shape index (κ2) is 7.50. The molecule has 0 aromatic heterocycles. The molecule has 98 valence electrons. The third-order valence-electron chi connectivity index (χ3n) is 2.42. The van der Waals surface area contributed by atoms with E-state index in [0.29, 0.717) is 12.2 Å². The molecule has 0 saturated heterocycles. The van der Waals surface area contributed by atoms with Crippen molar-refractivity contribution in [3.8, 4) is 5.75 Å². The minimum Gasteiger partial charge on any atom is -0.494 e. The van der Waals surface area contributed by atoms with Crippen molar-refractivity contribution in [3.05, 3.63) is 35.4 Å². The lowest BCUT2D eigenvalue weighted by Gasteiger charge is -2.05. The molecule has 0 atom stereocenters. The summed E-state index contributed by atoms with van der Waals surface area (Å²) in [5.74, 6) is -0.169. The van der Waals surface area contributed by atoms with Gasteiger partial charge in [0.15, 0.2) is 0 Å². The number of aliphatic hydroxyl groups is 1. The highest BCUT2D eigenvalue weighted by atomic mass is 16.5. The van der Waals surface area contributed by atoms with E-state index in [1.54, 1.807) is 25.1 Å². The SMILES string of the molecule is CC(=Cc1ccc(OCCCCO)cc1)C(=O)O. The topological polar surface area (TPSA) is 66.8 Å². The lowest BCUT2D eigenvalue weighted by Crippen LogP contribution is -1.98. The Balaban J connectivity index is 2.52. The molecule has 0 amide bonds. The molecule has 0 heterocycles. The van der Waals surface area contributed by atoms with Crippen LogP contribution in [0, 0.1) is 0 Å². The highest BCUT2D eigenvalue weighted by molar-refractivity contribution is 5.91. The average Bonchev–Trinajstić information content (AvgIpc) is 2.36. The van der Waals surface area contributed by atoms with Crippen LogP contribution >= 0.6 is 0 Å². The maximum absolute atomic E-state index is 10.7. The van der Waals surface area contributed by atoms with Crippen molar-refractivity contribution in [2.45, 2.75) is 19.8 Å². The Bertz CT molecular complexity index is 406. The molecular formula is C14H18O4. The maximum atomic E-state index is 10.7. The van der Waals surface area contributed by atoms with Crippen molar-refractivity contribution in [1.29, 1.82) is 0 Å². The zero-order chi connectivity index (χ0) is 13.4. The minimum atomic E-state index is -0.917. The molecule has 4 heteroatoms. The molecule has 0 fully saturated rings. The van der Waals surface area contributed by atoms with Crippen LogP contribution in [-0.4, -0.2) is 29.4 Å². The predicted octanol–water partition coefficient (Wildman–Crippen LogP) is 2.33. The van der Waals surface area contributed by atoms with Gasteiger partial charge in [0.25, 0.3) is 0 Å². The van der Waals surface area contributed by atoms with E-state index in [-0.39, 0.29) is 6.61 Å². The Morgan fingerprint density at radius 2 is 1.94 bits per heavy atom. The second-order valence-electron chi connectivity index (χ2n) is 3.98. The monoisotopic (exact) mass is 250 g/mol. The molecule has 0 spiro atoms. The van der Waals surface area contributed by atoms with E-state index in [2.05, 4.69) is 0 Å². The van der Waals surface area contributed by atoms with Crippen molar-refractivity contribution in [2.75, 3.05) is 13.2 Å². The molecule has 4 nitrogen and oxygen atoms in total. The molecule has 1 aromatic rings. The highest BCUT2D eigenvalue weighted by Gasteiger charge is 2.00. The van der Waals surface area contributed by atoms with Gasteiger partial charge in [-0.2, -0.15) is 0 Å². The van der Waals surface area contributed by atoms with Gasteiger partial charge in [-0.3, -0.25) is 0 Å². The molecule has 1 rings (SSSR count). The van der Waals surface area contributed by atoms with Crippen molar-refractivity contribution in [3.63, 3.8) is 0 Å². The van der Waals surface area contributed by atoms with Gasteiger partial charge in [0.05, 0.1) is 6.61 Å². The number of rotatable bonds is 7. The number of carbonyl (C=O) groups is 1. The maximum Gasteiger partial charge on any atom is 0.331 e. The molecular weight excluding hydrogens is 232 g/mol. The van der Waals surface area contributed by atoms with Crippen LogP contribution in [-0.2, 0) is 4.79 Å². The van der Waals surface area contributed by atoms with E-state index in [1.807, 2.05) is 12.1 Å². The van der Waals surface area contributed by atoms with Gasteiger partial charge in [-0.05, 0) is 43.5 Å². The normalized spacial score (nSPS) is 11.3. The third-order valence-corrected chi connectivity index (χ3v) is 2.42. The highest BCUT2D eigenvalue weighted by Crippen LogP contribution is 2.15. The summed E-state index contributed by atoms with van der Waals surface area (Å²) in [5.41, 5.74) is 1.13. The zero-order valence-corrected chi connectivity index (χ0v) is 10.4. The van der Waals surface area contributed by atoms with Gasteiger partial charge in [-0.15, -0.1) is 0 Å². The summed E-state index contributed by atoms with van der Waals surface area (Å²) in [7, 11) is 0. The van der Waals surface area contributed by atoms with Gasteiger partial charge in [0.2, 0.25) is 0 Å². The molecule has 2 N–H and O–H groups in total. The van der Waals surface area contributed by atoms with Crippen LogP contribution in [0.3, 0.4) is 0 Å². The van der Waals surface area contributed by atoms with E-state index in [1.165, 1.54) is 0 Å². The van der Waals surface area contributed by atoms with Gasteiger partial charge in [-0.1, -0.05) is 12.1 Å². The molecule has 18 heavy (non-hydrogen) atoms. The quantitative estimate of drug-likeness (QED) is 0.575. The Kier molecular flexibility index (Phi) is 5.94. The second-order valence-corrected chi connectivity index (χ2v) is 3.98. The van der Waals surface area contributed by atoms with Crippen LogP contribution < -0.4 is 4.74 Å². The summed E-state index contributed by atoms with van der Waals surface area (Å²) in [6, 6.07) is 7.24. The third kappa shape index (κ3) is 5.01. The summed E-state index contributed by atoms with van der Waals surface area (Å²) in [6.07, 6.45) is 3.16. The predicted molar refractivity (Wildman–Crippen MR) is 69.5 cm³/mol. The number of unbranched alkanes of at least 4 members (excludes halogenated alkanes) is 1. The lowest BCUT2D eigenvalue weighted by molar-refractivity contribution is -0.132. The standard InChI is InChI=1S/C14H18O4/c1-11(14(16)17)10-12-4-6-13(7-5-12)18-9-3-2-8-15/h4-7,10,15H,2-3,8-9H2,1H3,(H,16,17). The molecule has 0 bridgehead atoms. The molecule has 0 aliphatic carbocycles. The summed E-state index contributed by atoms with van der Waals surface area (Å²) in [6.45, 7) is 2.31. The first-order valence-electron chi connectivity index (χ1n) is 5.89. The van der Waals surface area contributed by atoms with Crippen LogP contribution in [0.15, 0.2) is 29.8 Å². The average molecular weight is 250 g/mol. The van der Waals surface area contributed by atoms with Gasteiger partial charge in [0.1, 0.15) is 5.75 Å². The Morgan fingerprint density at radius 3 is 2.50 bits per heavy atom. The van der Waals surface area contributed by atoms with E-state index in [9.17, 15) is 4.79 Å².